The monoisotopic (exact) mass is 305 g/mol. The number of fused-ring (bicyclic) bond motifs is 1. The average Bonchev–Trinajstić information content (AvgIpc) is 2.90. The van der Waals surface area contributed by atoms with Gasteiger partial charge < -0.3 is 5.41 Å². The van der Waals surface area contributed by atoms with E-state index in [-0.39, 0.29) is 11.6 Å². The van der Waals surface area contributed by atoms with Crippen molar-refractivity contribution in [2.24, 2.45) is 5.41 Å². The minimum absolute atomic E-state index is 0.0456. The fourth-order valence-corrected chi connectivity index (χ4v) is 3.59. The molecule has 2 rings (SSSR count). The molecule has 0 saturated heterocycles. The van der Waals surface area contributed by atoms with Crippen LogP contribution in [0.5, 0.6) is 0 Å². The summed E-state index contributed by atoms with van der Waals surface area (Å²) in [6.45, 7) is 3.97. The van der Waals surface area contributed by atoms with E-state index in [0.29, 0.717) is 17.4 Å². The largest absolute Gasteiger partial charge is 0.313 e. The molecule has 112 valence electrons. The number of halogens is 1. The van der Waals surface area contributed by atoms with Crippen molar-refractivity contribution in [3.63, 3.8) is 0 Å². The van der Waals surface area contributed by atoms with E-state index in [1.807, 2.05) is 13.0 Å². The van der Waals surface area contributed by atoms with Gasteiger partial charge in [0.25, 0.3) is 0 Å². The van der Waals surface area contributed by atoms with Crippen LogP contribution in [0.25, 0.3) is 10.1 Å². The van der Waals surface area contributed by atoms with E-state index in [0.717, 1.165) is 24.0 Å². The maximum absolute atomic E-state index is 14.1. The number of benzene rings is 1. The normalized spacial score (nSPS) is 14.0. The van der Waals surface area contributed by atoms with Gasteiger partial charge in [-0.1, -0.05) is 32.8 Å². The van der Waals surface area contributed by atoms with Crippen LogP contribution in [0, 0.1) is 16.6 Å². The zero-order valence-corrected chi connectivity index (χ0v) is 13.2. The first-order valence-corrected chi connectivity index (χ1v) is 8.11. The highest BCUT2D eigenvalue weighted by Gasteiger charge is 2.34. The van der Waals surface area contributed by atoms with Gasteiger partial charge >= 0.3 is 0 Å². The lowest BCUT2D eigenvalue weighted by molar-refractivity contribution is 0.0811. The quantitative estimate of drug-likeness (QED) is 0.535. The van der Waals surface area contributed by atoms with Gasteiger partial charge in [0, 0.05) is 26.4 Å². The molecule has 1 heterocycles. The molecule has 0 fully saturated rings. The predicted octanol–water partition coefficient (Wildman–Crippen LogP) is 5.46. The van der Waals surface area contributed by atoms with Crippen LogP contribution in [0.15, 0.2) is 23.6 Å². The van der Waals surface area contributed by atoms with Gasteiger partial charge in [-0.2, -0.15) is 0 Å². The lowest BCUT2D eigenvalue weighted by Gasteiger charge is -2.26. The molecule has 2 nitrogen and oxygen atoms in total. The standard InChI is InChI=1S/C17H20FNOS/c1-3-4-8-17(2,9-10-19)16(20)12-11-21-14-7-5-6-13(18)15(12)14/h5-7,10-11,19H,3-4,8-9H2,1-2H3. The highest BCUT2D eigenvalue weighted by atomic mass is 32.1. The maximum Gasteiger partial charge on any atom is 0.170 e. The fourth-order valence-electron chi connectivity index (χ4n) is 2.64. The molecule has 0 amide bonds. The number of hydrogen-bond acceptors (Lipinski definition) is 3. The Hall–Kier alpha value is -1.55. The second-order valence-corrected chi connectivity index (χ2v) is 6.58. The van der Waals surface area contributed by atoms with E-state index >= 15 is 0 Å². The molecule has 0 bridgehead atoms. The summed E-state index contributed by atoms with van der Waals surface area (Å²) >= 11 is 1.40. The van der Waals surface area contributed by atoms with Crippen LogP contribution in [0.3, 0.4) is 0 Å². The Morgan fingerprint density at radius 2 is 2.24 bits per heavy atom. The lowest BCUT2D eigenvalue weighted by atomic mass is 9.75. The maximum atomic E-state index is 14.1. The van der Waals surface area contributed by atoms with E-state index in [4.69, 9.17) is 5.41 Å². The van der Waals surface area contributed by atoms with Crippen molar-refractivity contribution in [2.75, 3.05) is 0 Å². The molecular formula is C17H20FNOS. The third kappa shape index (κ3) is 3.05. The van der Waals surface area contributed by atoms with Gasteiger partial charge in [-0.05, 0) is 31.2 Å². The Bertz CT molecular complexity index is 664. The Morgan fingerprint density at radius 3 is 2.90 bits per heavy atom. The number of carbonyl (C=O) groups is 1. The van der Waals surface area contributed by atoms with Crippen molar-refractivity contribution in [1.82, 2.24) is 0 Å². The molecule has 4 heteroatoms. The summed E-state index contributed by atoms with van der Waals surface area (Å²) in [4.78, 5) is 12.9. The number of nitrogens with one attached hydrogen (secondary N) is 1. The summed E-state index contributed by atoms with van der Waals surface area (Å²) in [5.74, 6) is -0.388. The SMILES string of the molecule is CCCCC(C)(CC=N)C(=O)c1csc2cccc(F)c12. The first kappa shape index (κ1) is 15.8. The number of Topliss-reactive ketones (excluding diaryl/α,β-unsaturated/α-hetero) is 1. The van der Waals surface area contributed by atoms with Crippen LogP contribution in [-0.4, -0.2) is 12.0 Å². The molecule has 1 aromatic carbocycles. The Labute approximate surface area is 128 Å². The Morgan fingerprint density at radius 1 is 1.48 bits per heavy atom. The molecular weight excluding hydrogens is 285 g/mol. The highest BCUT2D eigenvalue weighted by Crippen LogP contribution is 2.37. The summed E-state index contributed by atoms with van der Waals surface area (Å²) in [5, 5.41) is 9.55. The first-order valence-electron chi connectivity index (χ1n) is 7.23. The first-order chi connectivity index (χ1) is 10.0. The fraction of sp³-hybridized carbons (Fsp3) is 0.412. The molecule has 0 saturated carbocycles. The van der Waals surface area contributed by atoms with Gasteiger partial charge in [0.2, 0.25) is 0 Å². The van der Waals surface area contributed by atoms with Crippen molar-refractivity contribution in [3.05, 3.63) is 35.0 Å². The van der Waals surface area contributed by atoms with Crippen LogP contribution in [0.2, 0.25) is 0 Å². The van der Waals surface area contributed by atoms with Crippen LogP contribution in [-0.2, 0) is 0 Å². The number of carbonyl (C=O) groups excluding carboxylic acids is 1. The Balaban J connectivity index is 2.46. The molecule has 0 aliphatic carbocycles. The Kier molecular flexibility index (Phi) is 4.88. The molecule has 2 aromatic rings. The third-order valence-electron chi connectivity index (χ3n) is 3.98. The third-order valence-corrected chi connectivity index (χ3v) is 4.92. The zero-order chi connectivity index (χ0) is 15.5. The zero-order valence-electron chi connectivity index (χ0n) is 12.4. The molecule has 1 atom stereocenters. The van der Waals surface area contributed by atoms with Gasteiger partial charge in [-0.15, -0.1) is 11.3 Å². The van der Waals surface area contributed by atoms with E-state index in [1.54, 1.807) is 11.4 Å². The van der Waals surface area contributed by atoms with Crippen molar-refractivity contribution in [2.45, 2.75) is 39.5 Å². The summed E-state index contributed by atoms with van der Waals surface area (Å²) in [6.07, 6.45) is 4.35. The number of unbranched alkanes of at least 4 members (excludes halogenated alkanes) is 1. The number of rotatable bonds is 7. The molecule has 21 heavy (non-hydrogen) atoms. The van der Waals surface area contributed by atoms with E-state index in [2.05, 4.69) is 6.92 Å². The summed E-state index contributed by atoms with van der Waals surface area (Å²) < 4.78 is 14.9. The van der Waals surface area contributed by atoms with Crippen molar-refractivity contribution >= 4 is 33.4 Å². The predicted molar refractivity (Wildman–Crippen MR) is 87.1 cm³/mol. The summed E-state index contributed by atoms with van der Waals surface area (Å²) in [5.41, 5.74) is -0.151. The van der Waals surface area contributed by atoms with Crippen LogP contribution >= 0.6 is 11.3 Å². The number of hydrogen-bond donors (Lipinski definition) is 1. The molecule has 0 radical (unpaired) electrons. The van der Waals surface area contributed by atoms with Crippen LogP contribution < -0.4 is 0 Å². The second-order valence-electron chi connectivity index (χ2n) is 5.66. The summed E-state index contributed by atoms with van der Waals surface area (Å²) in [7, 11) is 0. The van der Waals surface area contributed by atoms with E-state index < -0.39 is 5.41 Å². The molecule has 0 aliphatic heterocycles. The van der Waals surface area contributed by atoms with Crippen LogP contribution in [0.1, 0.15) is 49.9 Å². The topological polar surface area (TPSA) is 40.9 Å². The van der Waals surface area contributed by atoms with Gasteiger partial charge in [0.1, 0.15) is 5.82 Å². The molecule has 0 spiro atoms. The number of thiophene rings is 1. The molecule has 1 N–H and O–H groups in total. The van der Waals surface area contributed by atoms with Crippen molar-refractivity contribution < 1.29 is 9.18 Å². The minimum Gasteiger partial charge on any atom is -0.313 e. The van der Waals surface area contributed by atoms with Gasteiger partial charge in [-0.3, -0.25) is 4.79 Å². The average molecular weight is 305 g/mol. The van der Waals surface area contributed by atoms with Gasteiger partial charge in [0.15, 0.2) is 5.78 Å². The number of ketones is 1. The van der Waals surface area contributed by atoms with E-state index in [9.17, 15) is 9.18 Å². The summed E-state index contributed by atoms with van der Waals surface area (Å²) in [6, 6.07) is 4.89. The molecule has 1 unspecified atom stereocenters. The molecule has 1 aromatic heterocycles. The van der Waals surface area contributed by atoms with Crippen molar-refractivity contribution in [3.8, 4) is 0 Å². The van der Waals surface area contributed by atoms with Crippen molar-refractivity contribution in [1.29, 1.82) is 5.41 Å². The second kappa shape index (κ2) is 6.48. The van der Waals surface area contributed by atoms with Gasteiger partial charge in [-0.25, -0.2) is 4.39 Å². The lowest BCUT2D eigenvalue weighted by Crippen LogP contribution is -2.28. The van der Waals surface area contributed by atoms with E-state index in [1.165, 1.54) is 23.6 Å². The highest BCUT2D eigenvalue weighted by molar-refractivity contribution is 7.17. The molecule has 0 aliphatic rings. The van der Waals surface area contributed by atoms with Gasteiger partial charge in [0.05, 0.1) is 0 Å². The van der Waals surface area contributed by atoms with Crippen LogP contribution in [0.4, 0.5) is 4.39 Å². The minimum atomic E-state index is -0.617. The smallest absolute Gasteiger partial charge is 0.170 e.